The molecule has 0 radical (unpaired) electrons. The topological polar surface area (TPSA) is 89.9 Å². The van der Waals surface area contributed by atoms with Crippen LogP contribution in [-0.4, -0.2) is 39.6 Å². The number of hydrogen-bond donors (Lipinski definition) is 1. The standard InChI is InChI=1S/C25H34O6/c1-23(2,3)30-21(27)19-17(14-13-16-11-9-8-10-12-16)20(22(28)31-24(4,5)6)25(7,29)15-18(19)26/h8-14,17,19-20,29H,15H2,1-7H3/b14-13+/t17-,19-,20+,25+/m1/s1. The summed E-state index contributed by atoms with van der Waals surface area (Å²) in [5, 5.41) is 11.1. The van der Waals surface area contributed by atoms with Crippen LogP contribution in [0, 0.1) is 17.8 Å². The number of ketones is 1. The molecule has 6 heteroatoms. The zero-order valence-corrected chi connectivity index (χ0v) is 19.5. The Bertz CT molecular complexity index is 839. The molecule has 4 atom stereocenters. The van der Waals surface area contributed by atoms with Crippen molar-refractivity contribution in [3.05, 3.63) is 42.0 Å². The van der Waals surface area contributed by atoms with Crippen molar-refractivity contribution in [2.24, 2.45) is 17.8 Å². The van der Waals surface area contributed by atoms with Crippen molar-refractivity contribution >= 4 is 23.8 Å². The van der Waals surface area contributed by atoms with Crippen molar-refractivity contribution in [3.63, 3.8) is 0 Å². The number of carbonyl (C=O) groups excluding carboxylic acids is 3. The molecule has 1 N–H and O–H groups in total. The average molecular weight is 431 g/mol. The lowest BCUT2D eigenvalue weighted by Crippen LogP contribution is -2.57. The number of ether oxygens (including phenoxy) is 2. The fourth-order valence-corrected chi connectivity index (χ4v) is 3.83. The molecule has 0 saturated heterocycles. The molecular weight excluding hydrogens is 396 g/mol. The molecule has 1 saturated carbocycles. The van der Waals surface area contributed by atoms with Crippen LogP contribution >= 0.6 is 0 Å². The maximum Gasteiger partial charge on any atom is 0.317 e. The molecule has 1 fully saturated rings. The van der Waals surface area contributed by atoms with Gasteiger partial charge in [0.05, 0.1) is 11.5 Å². The van der Waals surface area contributed by atoms with E-state index in [0.717, 1.165) is 5.56 Å². The van der Waals surface area contributed by atoms with Gasteiger partial charge in [-0.05, 0) is 54.0 Å². The Morgan fingerprint density at radius 3 is 2.03 bits per heavy atom. The van der Waals surface area contributed by atoms with E-state index in [2.05, 4.69) is 0 Å². The smallest absolute Gasteiger partial charge is 0.317 e. The first-order valence-corrected chi connectivity index (χ1v) is 10.5. The Kier molecular flexibility index (Phi) is 7.16. The van der Waals surface area contributed by atoms with E-state index >= 15 is 0 Å². The first-order chi connectivity index (χ1) is 14.1. The molecular formula is C25H34O6. The third-order valence-electron chi connectivity index (χ3n) is 4.95. The molecule has 31 heavy (non-hydrogen) atoms. The van der Waals surface area contributed by atoms with Gasteiger partial charge in [0.2, 0.25) is 0 Å². The van der Waals surface area contributed by atoms with E-state index in [-0.39, 0.29) is 6.42 Å². The number of benzene rings is 1. The van der Waals surface area contributed by atoms with Crippen molar-refractivity contribution in [1.29, 1.82) is 0 Å². The van der Waals surface area contributed by atoms with Crippen molar-refractivity contribution in [1.82, 2.24) is 0 Å². The van der Waals surface area contributed by atoms with Crippen LogP contribution in [0.2, 0.25) is 0 Å². The van der Waals surface area contributed by atoms with Gasteiger partial charge in [-0.3, -0.25) is 14.4 Å². The zero-order valence-electron chi connectivity index (χ0n) is 19.5. The number of carbonyl (C=O) groups is 3. The molecule has 0 bridgehead atoms. The number of Topliss-reactive ketones (excluding diaryl/α,β-unsaturated/α-hetero) is 1. The minimum Gasteiger partial charge on any atom is -0.460 e. The van der Waals surface area contributed by atoms with Crippen LogP contribution in [0.15, 0.2) is 36.4 Å². The van der Waals surface area contributed by atoms with Gasteiger partial charge >= 0.3 is 11.9 Å². The lowest BCUT2D eigenvalue weighted by Gasteiger charge is -2.43. The van der Waals surface area contributed by atoms with Gasteiger partial charge in [-0.2, -0.15) is 0 Å². The Morgan fingerprint density at radius 2 is 1.52 bits per heavy atom. The summed E-state index contributed by atoms with van der Waals surface area (Å²) in [6, 6.07) is 9.32. The Morgan fingerprint density at radius 1 is 1.00 bits per heavy atom. The van der Waals surface area contributed by atoms with Crippen LogP contribution in [-0.2, 0) is 23.9 Å². The van der Waals surface area contributed by atoms with Crippen LogP contribution in [0.5, 0.6) is 0 Å². The molecule has 6 nitrogen and oxygen atoms in total. The van der Waals surface area contributed by atoms with E-state index in [1.165, 1.54) is 6.92 Å². The third-order valence-corrected chi connectivity index (χ3v) is 4.95. The van der Waals surface area contributed by atoms with Gasteiger partial charge in [0.25, 0.3) is 0 Å². The summed E-state index contributed by atoms with van der Waals surface area (Å²) in [7, 11) is 0. The summed E-state index contributed by atoms with van der Waals surface area (Å²) >= 11 is 0. The Labute approximate surface area is 184 Å². The molecule has 0 heterocycles. The van der Waals surface area contributed by atoms with E-state index < -0.39 is 52.3 Å². The molecule has 1 aromatic rings. The van der Waals surface area contributed by atoms with Crippen LogP contribution in [0.4, 0.5) is 0 Å². The van der Waals surface area contributed by atoms with Crippen LogP contribution in [0.3, 0.4) is 0 Å². The van der Waals surface area contributed by atoms with E-state index in [1.807, 2.05) is 30.3 Å². The molecule has 1 aliphatic rings. The molecule has 170 valence electrons. The zero-order chi connectivity index (χ0) is 23.6. The monoisotopic (exact) mass is 430 g/mol. The first kappa shape index (κ1) is 24.8. The molecule has 1 aliphatic carbocycles. The summed E-state index contributed by atoms with van der Waals surface area (Å²) in [5.41, 5.74) is -2.41. The van der Waals surface area contributed by atoms with Gasteiger partial charge in [0.15, 0.2) is 5.78 Å². The van der Waals surface area contributed by atoms with Crippen LogP contribution < -0.4 is 0 Å². The quantitative estimate of drug-likeness (QED) is 0.575. The highest BCUT2D eigenvalue weighted by Crippen LogP contribution is 2.43. The second-order valence-corrected chi connectivity index (χ2v) is 10.4. The van der Waals surface area contributed by atoms with E-state index in [0.29, 0.717) is 0 Å². The van der Waals surface area contributed by atoms with Crippen molar-refractivity contribution in [3.8, 4) is 0 Å². The van der Waals surface area contributed by atoms with Crippen LogP contribution in [0.1, 0.15) is 60.5 Å². The minimum absolute atomic E-state index is 0.337. The largest absolute Gasteiger partial charge is 0.460 e. The maximum absolute atomic E-state index is 13.1. The molecule has 0 unspecified atom stereocenters. The fraction of sp³-hybridized carbons (Fsp3) is 0.560. The van der Waals surface area contributed by atoms with Gasteiger partial charge in [-0.15, -0.1) is 0 Å². The summed E-state index contributed by atoms with van der Waals surface area (Å²) in [5.74, 6) is -5.05. The van der Waals surface area contributed by atoms with E-state index in [9.17, 15) is 19.5 Å². The highest BCUT2D eigenvalue weighted by Gasteiger charge is 2.56. The van der Waals surface area contributed by atoms with E-state index in [4.69, 9.17) is 9.47 Å². The summed E-state index contributed by atoms with van der Waals surface area (Å²) in [4.78, 5) is 39.1. The number of rotatable bonds is 4. The lowest BCUT2D eigenvalue weighted by molar-refractivity contribution is -0.184. The molecule has 0 amide bonds. The van der Waals surface area contributed by atoms with Crippen molar-refractivity contribution < 1.29 is 29.0 Å². The molecule has 0 aliphatic heterocycles. The van der Waals surface area contributed by atoms with Crippen LogP contribution in [0.25, 0.3) is 6.08 Å². The predicted molar refractivity (Wildman–Crippen MR) is 118 cm³/mol. The third kappa shape index (κ3) is 6.76. The summed E-state index contributed by atoms with van der Waals surface area (Å²) in [6.45, 7) is 11.8. The fourth-order valence-electron chi connectivity index (χ4n) is 3.83. The molecule has 0 spiro atoms. The number of hydrogen-bond acceptors (Lipinski definition) is 6. The molecule has 2 rings (SSSR count). The second kappa shape index (κ2) is 8.95. The Balaban J connectivity index is 2.54. The van der Waals surface area contributed by atoms with Gasteiger partial charge < -0.3 is 14.6 Å². The SMILES string of the molecule is CC(C)(C)OC(=O)[C@H]1C(=O)C[C@](C)(O)[C@H](C(=O)OC(C)(C)C)[C@@H]1/C=C/c1ccccc1. The van der Waals surface area contributed by atoms with Crippen molar-refractivity contribution in [2.75, 3.05) is 0 Å². The van der Waals surface area contributed by atoms with E-state index in [1.54, 1.807) is 53.7 Å². The number of esters is 2. The minimum atomic E-state index is -1.66. The first-order valence-electron chi connectivity index (χ1n) is 10.5. The van der Waals surface area contributed by atoms with Gasteiger partial charge in [0, 0.05) is 12.3 Å². The van der Waals surface area contributed by atoms with Gasteiger partial charge in [-0.25, -0.2) is 0 Å². The highest BCUT2D eigenvalue weighted by atomic mass is 16.6. The highest BCUT2D eigenvalue weighted by molar-refractivity contribution is 6.02. The average Bonchev–Trinajstić information content (AvgIpc) is 2.56. The number of allylic oxidation sites excluding steroid dienone is 1. The number of aliphatic hydroxyl groups is 1. The predicted octanol–water partition coefficient (Wildman–Crippen LogP) is 3.96. The summed E-state index contributed by atoms with van der Waals surface area (Å²) < 4.78 is 11.1. The van der Waals surface area contributed by atoms with Gasteiger partial charge in [0.1, 0.15) is 17.1 Å². The summed E-state index contributed by atoms with van der Waals surface area (Å²) in [6.07, 6.45) is 3.05. The van der Waals surface area contributed by atoms with Crippen molar-refractivity contribution in [2.45, 2.75) is 71.7 Å². The Hall–Kier alpha value is -2.47. The van der Waals surface area contributed by atoms with Gasteiger partial charge in [-0.1, -0.05) is 42.5 Å². The maximum atomic E-state index is 13.1. The molecule has 1 aromatic carbocycles. The molecule has 0 aromatic heterocycles. The normalized spacial score (nSPS) is 27.2. The second-order valence-electron chi connectivity index (χ2n) is 10.4. The lowest BCUT2D eigenvalue weighted by atomic mass is 9.63.